The molecule has 3 aromatic rings. The zero-order chi connectivity index (χ0) is 25.3. The lowest BCUT2D eigenvalue weighted by atomic mass is 9.85. The molecule has 8 heteroatoms. The van der Waals surface area contributed by atoms with Crippen molar-refractivity contribution in [3.63, 3.8) is 0 Å². The average Bonchev–Trinajstić information content (AvgIpc) is 3.63. The molecule has 1 saturated carbocycles. The van der Waals surface area contributed by atoms with Crippen LogP contribution in [0.4, 0.5) is 20.3 Å². The number of carbonyl (C=O) groups excluding carboxylic acids is 1. The Bertz CT molecular complexity index is 1350. The first-order chi connectivity index (χ1) is 16.5. The molecule has 184 valence electrons. The highest BCUT2D eigenvalue weighted by molar-refractivity contribution is 6.11. The summed E-state index contributed by atoms with van der Waals surface area (Å²) < 4.78 is 28.5. The van der Waals surface area contributed by atoms with E-state index in [-0.39, 0.29) is 23.6 Å². The first kappa shape index (κ1) is 23.6. The second-order valence-corrected chi connectivity index (χ2v) is 10.3. The van der Waals surface area contributed by atoms with Crippen LogP contribution in [0.3, 0.4) is 0 Å². The zero-order valence-corrected chi connectivity index (χ0v) is 20.6. The number of nitrogens with zero attached hydrogens (tertiary/aromatic N) is 3. The predicted molar refractivity (Wildman–Crippen MR) is 132 cm³/mol. The normalized spacial score (nSPS) is 18.2. The lowest BCUT2D eigenvalue weighted by molar-refractivity contribution is -0.122. The summed E-state index contributed by atoms with van der Waals surface area (Å²) in [5.74, 6) is -2.67. The van der Waals surface area contributed by atoms with E-state index in [1.807, 2.05) is 38.7 Å². The third-order valence-electron chi connectivity index (χ3n) is 7.47. The van der Waals surface area contributed by atoms with Gasteiger partial charge in [0.1, 0.15) is 6.61 Å². The van der Waals surface area contributed by atoms with Crippen LogP contribution in [0, 0.1) is 13.8 Å². The van der Waals surface area contributed by atoms with Crippen molar-refractivity contribution in [2.45, 2.75) is 70.9 Å². The number of aliphatic hydroxyl groups is 1. The van der Waals surface area contributed by atoms with Crippen LogP contribution in [-0.4, -0.2) is 33.9 Å². The molecule has 0 spiro atoms. The smallest absolute Gasteiger partial charge is 0.296 e. The van der Waals surface area contributed by atoms with Gasteiger partial charge in [-0.25, -0.2) is 0 Å². The Hall–Kier alpha value is -3.13. The molecule has 2 N–H and O–H groups in total. The Morgan fingerprint density at radius 3 is 2.57 bits per heavy atom. The van der Waals surface area contributed by atoms with Crippen LogP contribution in [0.15, 0.2) is 30.3 Å². The Balaban J connectivity index is 1.59. The SMILES string of the molecule is Cc1c([C@@H](C)Nc2nnc(C)c3cc4c(cc23)N(C2CC2)C(=O)C4(C)C)cccc1C(F)(F)CO. The van der Waals surface area contributed by atoms with E-state index in [1.165, 1.54) is 6.07 Å². The molecule has 1 aliphatic heterocycles. The fourth-order valence-electron chi connectivity index (χ4n) is 5.23. The molecule has 35 heavy (non-hydrogen) atoms. The molecule has 5 rings (SSSR count). The van der Waals surface area contributed by atoms with E-state index >= 15 is 0 Å². The molecule has 1 aromatic heterocycles. The van der Waals surface area contributed by atoms with Crippen molar-refractivity contribution in [1.82, 2.24) is 10.2 Å². The highest BCUT2D eigenvalue weighted by Crippen LogP contribution is 2.49. The standard InChI is InChI=1S/C27H30F2N4O2/c1-14-18(7-6-8-21(14)27(28,29)13-34)15(2)30-24-20-12-23-22(11-19(20)16(3)31-32-24)26(4,5)25(35)33(23)17-9-10-17/h6-8,11-12,15,17,34H,9-10,13H2,1-5H3,(H,30,32)/t15-/m1/s1. The Morgan fingerprint density at radius 1 is 1.20 bits per heavy atom. The number of aromatic nitrogens is 2. The summed E-state index contributed by atoms with van der Waals surface area (Å²) >= 11 is 0. The van der Waals surface area contributed by atoms with Crippen LogP contribution in [0.1, 0.15) is 67.6 Å². The van der Waals surface area contributed by atoms with Crippen LogP contribution >= 0.6 is 0 Å². The second kappa shape index (κ2) is 7.95. The number of aryl methyl sites for hydroxylation is 1. The van der Waals surface area contributed by atoms with Gasteiger partial charge in [-0.3, -0.25) is 4.79 Å². The van der Waals surface area contributed by atoms with Gasteiger partial charge in [0.15, 0.2) is 5.82 Å². The number of nitrogens with one attached hydrogen (secondary N) is 1. The molecular formula is C27H30F2N4O2. The number of amides is 1. The third kappa shape index (κ3) is 3.66. The fraction of sp³-hybridized carbons (Fsp3) is 0.444. The van der Waals surface area contributed by atoms with Gasteiger partial charge in [0, 0.05) is 28.1 Å². The molecule has 1 fully saturated rings. The van der Waals surface area contributed by atoms with E-state index < -0.39 is 17.9 Å². The Kier molecular flexibility index (Phi) is 5.36. The van der Waals surface area contributed by atoms with E-state index in [1.54, 1.807) is 19.1 Å². The number of rotatable bonds is 6. The number of alkyl halides is 2. The molecule has 2 aromatic carbocycles. The van der Waals surface area contributed by atoms with Crippen molar-refractivity contribution in [2.24, 2.45) is 0 Å². The molecule has 1 amide bonds. The second-order valence-electron chi connectivity index (χ2n) is 10.3. The van der Waals surface area contributed by atoms with Gasteiger partial charge in [-0.15, -0.1) is 5.10 Å². The monoisotopic (exact) mass is 480 g/mol. The highest BCUT2D eigenvalue weighted by atomic mass is 19.3. The first-order valence-electron chi connectivity index (χ1n) is 12.0. The predicted octanol–water partition coefficient (Wildman–Crippen LogP) is 5.29. The van der Waals surface area contributed by atoms with Gasteiger partial charge in [-0.1, -0.05) is 18.2 Å². The minimum absolute atomic E-state index is 0.115. The van der Waals surface area contributed by atoms with Crippen molar-refractivity contribution in [3.05, 3.63) is 58.3 Å². The van der Waals surface area contributed by atoms with Gasteiger partial charge in [-0.05, 0) is 76.3 Å². The first-order valence-corrected chi connectivity index (χ1v) is 12.0. The van der Waals surface area contributed by atoms with E-state index in [2.05, 4.69) is 21.6 Å². The van der Waals surface area contributed by atoms with Crippen LogP contribution in [0.25, 0.3) is 10.8 Å². The summed E-state index contributed by atoms with van der Waals surface area (Å²) in [4.78, 5) is 15.2. The quantitative estimate of drug-likeness (QED) is 0.501. The van der Waals surface area contributed by atoms with E-state index in [4.69, 9.17) is 5.11 Å². The molecule has 0 bridgehead atoms. The number of carbonyl (C=O) groups is 1. The summed E-state index contributed by atoms with van der Waals surface area (Å²) in [6.07, 6.45) is 2.01. The highest BCUT2D eigenvalue weighted by Gasteiger charge is 2.49. The van der Waals surface area contributed by atoms with Gasteiger partial charge >= 0.3 is 0 Å². The maximum absolute atomic E-state index is 14.3. The summed E-state index contributed by atoms with van der Waals surface area (Å²) in [6.45, 7) is 8.09. The maximum atomic E-state index is 14.3. The number of halogens is 2. The summed E-state index contributed by atoms with van der Waals surface area (Å²) in [5, 5.41) is 23.0. The van der Waals surface area contributed by atoms with Gasteiger partial charge in [0.2, 0.25) is 5.91 Å². The minimum atomic E-state index is -3.32. The molecule has 2 heterocycles. The number of hydrogen-bond donors (Lipinski definition) is 2. The third-order valence-corrected chi connectivity index (χ3v) is 7.47. The number of benzene rings is 2. The fourth-order valence-corrected chi connectivity index (χ4v) is 5.23. The van der Waals surface area contributed by atoms with E-state index in [0.29, 0.717) is 16.9 Å². The minimum Gasteiger partial charge on any atom is -0.390 e. The summed E-state index contributed by atoms with van der Waals surface area (Å²) in [6, 6.07) is 8.68. The maximum Gasteiger partial charge on any atom is 0.296 e. The van der Waals surface area contributed by atoms with Gasteiger partial charge in [-0.2, -0.15) is 13.9 Å². The van der Waals surface area contributed by atoms with E-state index in [9.17, 15) is 13.6 Å². The molecule has 6 nitrogen and oxygen atoms in total. The average molecular weight is 481 g/mol. The number of fused-ring (bicyclic) bond motifs is 2. The number of anilines is 2. The van der Waals surface area contributed by atoms with Crippen LogP contribution in [0.2, 0.25) is 0 Å². The zero-order valence-electron chi connectivity index (χ0n) is 20.6. The van der Waals surface area contributed by atoms with Crippen molar-refractivity contribution in [2.75, 3.05) is 16.8 Å². The lowest BCUT2D eigenvalue weighted by Crippen LogP contribution is -2.37. The molecule has 1 atom stereocenters. The molecule has 0 unspecified atom stereocenters. The van der Waals surface area contributed by atoms with Crippen LogP contribution in [0.5, 0.6) is 0 Å². The summed E-state index contributed by atoms with van der Waals surface area (Å²) in [7, 11) is 0. The van der Waals surface area contributed by atoms with Crippen molar-refractivity contribution in [1.29, 1.82) is 0 Å². The van der Waals surface area contributed by atoms with Crippen LogP contribution < -0.4 is 10.2 Å². The van der Waals surface area contributed by atoms with Gasteiger partial charge in [0.25, 0.3) is 5.92 Å². The molecule has 2 aliphatic rings. The van der Waals surface area contributed by atoms with Gasteiger partial charge < -0.3 is 15.3 Å². The summed E-state index contributed by atoms with van der Waals surface area (Å²) in [5.41, 5.74) is 2.97. The van der Waals surface area contributed by atoms with Crippen LogP contribution in [-0.2, 0) is 16.1 Å². The largest absolute Gasteiger partial charge is 0.390 e. The van der Waals surface area contributed by atoms with Gasteiger partial charge in [0.05, 0.1) is 17.2 Å². The molecule has 0 radical (unpaired) electrons. The van der Waals surface area contributed by atoms with Crippen molar-refractivity contribution < 1.29 is 18.7 Å². The number of hydrogen-bond acceptors (Lipinski definition) is 5. The Labute approximate surface area is 203 Å². The molecular weight excluding hydrogens is 450 g/mol. The molecule has 1 aliphatic carbocycles. The van der Waals surface area contributed by atoms with E-state index in [0.717, 1.165) is 40.6 Å². The van der Waals surface area contributed by atoms with Crippen molar-refractivity contribution in [3.8, 4) is 0 Å². The lowest BCUT2D eigenvalue weighted by Gasteiger charge is -2.23. The Morgan fingerprint density at radius 2 is 1.91 bits per heavy atom. The number of aliphatic hydroxyl groups excluding tert-OH is 1. The van der Waals surface area contributed by atoms with Crippen molar-refractivity contribution >= 4 is 28.2 Å². The topological polar surface area (TPSA) is 78.4 Å². The molecule has 0 saturated heterocycles.